The Bertz CT molecular complexity index is 1170. The smallest absolute Gasteiger partial charge is 0.361 e. The molecule has 36 heavy (non-hydrogen) atoms. The second kappa shape index (κ2) is 11.0. The third-order valence-corrected chi connectivity index (χ3v) is 6.20. The standard InChI is InChI=1S/C29H35N3O4/c1-20-27(35-19-22-8-6-5-7-9-22)26(28(34)36-29(2,3)4)31-25(30-20)18-21-14-16-32(17-15-21)23-10-12-24(33)13-11-23/h5-13,21,33H,14-19H2,1-4H3. The van der Waals surface area contributed by atoms with Crippen LogP contribution in [0.2, 0.25) is 0 Å². The van der Waals surface area contributed by atoms with Crippen LogP contribution in [-0.2, 0) is 17.8 Å². The summed E-state index contributed by atoms with van der Waals surface area (Å²) in [6, 6.07) is 17.1. The van der Waals surface area contributed by atoms with E-state index in [4.69, 9.17) is 14.5 Å². The number of hydrogen-bond acceptors (Lipinski definition) is 7. The average molecular weight is 490 g/mol. The largest absolute Gasteiger partial charge is 0.508 e. The SMILES string of the molecule is Cc1nc(CC2CCN(c3ccc(O)cc3)CC2)nc(C(=O)OC(C)(C)C)c1OCc1ccccc1. The van der Waals surface area contributed by atoms with Crippen LogP contribution in [0.25, 0.3) is 0 Å². The quantitative estimate of drug-likeness (QED) is 0.440. The first-order valence-corrected chi connectivity index (χ1v) is 12.5. The molecule has 7 nitrogen and oxygen atoms in total. The van der Waals surface area contributed by atoms with Crippen molar-refractivity contribution in [3.05, 3.63) is 77.4 Å². The zero-order valence-electron chi connectivity index (χ0n) is 21.5. The van der Waals surface area contributed by atoms with Crippen LogP contribution in [0.15, 0.2) is 54.6 Å². The fourth-order valence-electron chi connectivity index (χ4n) is 4.40. The van der Waals surface area contributed by atoms with Crippen molar-refractivity contribution in [1.82, 2.24) is 9.97 Å². The Balaban J connectivity index is 1.49. The average Bonchev–Trinajstić information content (AvgIpc) is 2.84. The van der Waals surface area contributed by atoms with Crippen molar-refractivity contribution in [2.24, 2.45) is 5.92 Å². The third-order valence-electron chi connectivity index (χ3n) is 6.20. The van der Waals surface area contributed by atoms with Crippen molar-refractivity contribution in [3.63, 3.8) is 0 Å². The first-order valence-electron chi connectivity index (χ1n) is 12.5. The number of nitrogens with zero attached hydrogens (tertiary/aromatic N) is 3. The van der Waals surface area contributed by atoms with Gasteiger partial charge in [0, 0.05) is 25.2 Å². The molecule has 2 aromatic carbocycles. The number of piperidine rings is 1. The highest BCUT2D eigenvalue weighted by molar-refractivity contribution is 5.90. The molecule has 1 aromatic heterocycles. The third kappa shape index (κ3) is 6.74. The van der Waals surface area contributed by atoms with Gasteiger partial charge in [0.25, 0.3) is 0 Å². The van der Waals surface area contributed by atoms with Gasteiger partial charge in [-0.25, -0.2) is 14.8 Å². The van der Waals surface area contributed by atoms with Gasteiger partial charge in [0.15, 0.2) is 11.4 Å². The van der Waals surface area contributed by atoms with Crippen molar-refractivity contribution < 1.29 is 19.4 Å². The molecule has 1 N–H and O–H groups in total. The van der Waals surface area contributed by atoms with E-state index in [-0.39, 0.29) is 11.4 Å². The van der Waals surface area contributed by atoms with Crippen LogP contribution in [0.4, 0.5) is 5.69 Å². The van der Waals surface area contributed by atoms with Gasteiger partial charge >= 0.3 is 5.97 Å². The Morgan fingerprint density at radius 3 is 2.33 bits per heavy atom. The molecule has 0 unspecified atom stereocenters. The summed E-state index contributed by atoms with van der Waals surface area (Å²) < 4.78 is 11.7. The normalized spacial score (nSPS) is 14.5. The van der Waals surface area contributed by atoms with Gasteiger partial charge in [0.05, 0.1) is 5.69 Å². The predicted octanol–water partition coefficient (Wildman–Crippen LogP) is 5.48. The van der Waals surface area contributed by atoms with E-state index >= 15 is 0 Å². The van der Waals surface area contributed by atoms with E-state index in [2.05, 4.69) is 9.88 Å². The van der Waals surface area contributed by atoms with Gasteiger partial charge in [-0.2, -0.15) is 0 Å². The molecule has 1 saturated heterocycles. The van der Waals surface area contributed by atoms with Crippen molar-refractivity contribution in [2.45, 2.75) is 59.2 Å². The number of ether oxygens (including phenoxy) is 2. The number of benzene rings is 2. The lowest BCUT2D eigenvalue weighted by molar-refractivity contribution is 0.00572. The lowest BCUT2D eigenvalue weighted by Gasteiger charge is -2.33. The maximum Gasteiger partial charge on any atom is 0.361 e. The van der Waals surface area contributed by atoms with E-state index in [1.807, 2.05) is 70.2 Å². The molecular weight excluding hydrogens is 454 g/mol. The molecule has 1 aliphatic rings. The first kappa shape index (κ1) is 25.5. The van der Waals surface area contributed by atoms with Gasteiger partial charge in [-0.05, 0) is 76.3 Å². The summed E-state index contributed by atoms with van der Waals surface area (Å²) in [5, 5.41) is 9.54. The Kier molecular flexibility index (Phi) is 7.77. The van der Waals surface area contributed by atoms with Gasteiger partial charge in [0.2, 0.25) is 0 Å². The number of rotatable bonds is 7. The lowest BCUT2D eigenvalue weighted by Crippen LogP contribution is -2.34. The molecule has 0 saturated carbocycles. The van der Waals surface area contributed by atoms with Crippen LogP contribution < -0.4 is 9.64 Å². The minimum absolute atomic E-state index is 0.185. The van der Waals surface area contributed by atoms with Crippen LogP contribution in [0.1, 0.15) is 61.2 Å². The molecule has 0 atom stereocenters. The molecule has 1 fully saturated rings. The minimum atomic E-state index is -0.645. The van der Waals surface area contributed by atoms with Gasteiger partial charge in [-0.3, -0.25) is 0 Å². The van der Waals surface area contributed by atoms with Crippen LogP contribution >= 0.6 is 0 Å². The summed E-state index contributed by atoms with van der Waals surface area (Å²) in [5.74, 6) is 1.21. The summed E-state index contributed by atoms with van der Waals surface area (Å²) >= 11 is 0. The predicted molar refractivity (Wildman–Crippen MR) is 139 cm³/mol. The first-order chi connectivity index (χ1) is 17.2. The van der Waals surface area contributed by atoms with E-state index in [1.54, 1.807) is 12.1 Å². The lowest BCUT2D eigenvalue weighted by atomic mass is 9.93. The second-order valence-corrected chi connectivity index (χ2v) is 10.3. The molecule has 4 rings (SSSR count). The number of phenols is 1. The number of hydrogen-bond donors (Lipinski definition) is 1. The monoisotopic (exact) mass is 489 g/mol. The van der Waals surface area contributed by atoms with E-state index in [0.29, 0.717) is 36.2 Å². The summed E-state index contributed by atoms with van der Waals surface area (Å²) in [4.78, 5) is 24.8. The molecule has 0 amide bonds. The molecule has 190 valence electrons. The topological polar surface area (TPSA) is 84.8 Å². The molecule has 0 spiro atoms. The Hall–Kier alpha value is -3.61. The van der Waals surface area contributed by atoms with Crippen LogP contribution in [-0.4, -0.2) is 39.7 Å². The summed E-state index contributed by atoms with van der Waals surface area (Å²) in [7, 11) is 0. The summed E-state index contributed by atoms with van der Waals surface area (Å²) in [6.45, 7) is 9.53. The minimum Gasteiger partial charge on any atom is -0.508 e. The second-order valence-electron chi connectivity index (χ2n) is 10.3. The van der Waals surface area contributed by atoms with Gasteiger partial charge in [-0.1, -0.05) is 30.3 Å². The maximum atomic E-state index is 13.1. The van der Waals surface area contributed by atoms with Crippen molar-refractivity contribution in [1.29, 1.82) is 0 Å². The zero-order chi connectivity index (χ0) is 25.7. The molecule has 2 heterocycles. The van der Waals surface area contributed by atoms with Crippen LogP contribution in [0.3, 0.4) is 0 Å². The Morgan fingerprint density at radius 2 is 1.69 bits per heavy atom. The van der Waals surface area contributed by atoms with E-state index < -0.39 is 11.6 Å². The number of aryl methyl sites for hydroxylation is 1. The van der Waals surface area contributed by atoms with Gasteiger partial charge in [-0.15, -0.1) is 0 Å². The van der Waals surface area contributed by atoms with Gasteiger partial charge in [0.1, 0.15) is 23.8 Å². The Morgan fingerprint density at radius 1 is 1.03 bits per heavy atom. The zero-order valence-corrected chi connectivity index (χ0v) is 21.5. The van der Waals surface area contributed by atoms with Crippen molar-refractivity contribution >= 4 is 11.7 Å². The molecule has 7 heteroatoms. The maximum absolute atomic E-state index is 13.1. The van der Waals surface area contributed by atoms with Crippen molar-refractivity contribution in [2.75, 3.05) is 18.0 Å². The molecule has 0 aliphatic carbocycles. The summed E-state index contributed by atoms with van der Waals surface area (Å²) in [6.07, 6.45) is 2.69. The highest BCUT2D eigenvalue weighted by Gasteiger charge is 2.27. The molecule has 0 radical (unpaired) electrons. The number of carbonyl (C=O) groups excluding carboxylic acids is 1. The molecule has 3 aromatic rings. The number of carbonyl (C=O) groups is 1. The summed E-state index contributed by atoms with van der Waals surface area (Å²) in [5.41, 5.74) is 2.29. The van der Waals surface area contributed by atoms with E-state index in [0.717, 1.165) is 37.2 Å². The van der Waals surface area contributed by atoms with E-state index in [9.17, 15) is 9.90 Å². The van der Waals surface area contributed by atoms with Crippen LogP contribution in [0, 0.1) is 12.8 Å². The van der Waals surface area contributed by atoms with Gasteiger partial charge < -0.3 is 19.5 Å². The Labute approximate surface area is 213 Å². The number of esters is 1. The van der Waals surface area contributed by atoms with Crippen LogP contribution in [0.5, 0.6) is 11.5 Å². The van der Waals surface area contributed by atoms with E-state index in [1.165, 1.54) is 0 Å². The number of aromatic hydroxyl groups is 1. The molecule has 1 aliphatic heterocycles. The number of aromatic nitrogens is 2. The fraction of sp³-hybridized carbons (Fsp3) is 0.414. The highest BCUT2D eigenvalue weighted by atomic mass is 16.6. The highest BCUT2D eigenvalue weighted by Crippen LogP contribution is 2.29. The number of anilines is 1. The molecular formula is C29H35N3O4. The van der Waals surface area contributed by atoms with Crippen molar-refractivity contribution in [3.8, 4) is 11.5 Å². The molecule has 0 bridgehead atoms. The fourth-order valence-corrected chi connectivity index (χ4v) is 4.40. The number of phenolic OH excluding ortho intramolecular Hbond substituents is 1.